The Hall–Kier alpha value is -0.450. The Morgan fingerprint density at radius 3 is 2.72 bits per heavy atom. The van der Waals surface area contributed by atoms with Crippen molar-refractivity contribution in [1.82, 2.24) is 5.32 Å². The molecule has 0 amide bonds. The molecule has 1 rings (SSSR count). The molecule has 2 nitrogen and oxygen atoms in total. The van der Waals surface area contributed by atoms with E-state index >= 15 is 0 Å². The second-order valence-electron chi connectivity index (χ2n) is 4.65. The maximum Gasteiger partial charge on any atom is 0.127 e. The molecular weight excluding hydrogens is 297 g/mol. The Morgan fingerprint density at radius 2 is 2.11 bits per heavy atom. The summed E-state index contributed by atoms with van der Waals surface area (Å²) in [5.74, 6) is 0.234. The van der Waals surface area contributed by atoms with Crippen LogP contribution in [0.1, 0.15) is 19.4 Å². The van der Waals surface area contributed by atoms with E-state index in [2.05, 4.69) is 35.1 Å². The number of rotatable bonds is 7. The summed E-state index contributed by atoms with van der Waals surface area (Å²) in [6, 6.07) is 5.58. The predicted molar refractivity (Wildman–Crippen MR) is 76.3 cm³/mol. The zero-order valence-electron chi connectivity index (χ0n) is 11.2. The van der Waals surface area contributed by atoms with Gasteiger partial charge >= 0.3 is 0 Å². The second kappa shape index (κ2) is 7.87. The molecule has 0 aliphatic rings. The van der Waals surface area contributed by atoms with Gasteiger partial charge in [-0.1, -0.05) is 28.9 Å². The molecule has 0 bridgehead atoms. The van der Waals surface area contributed by atoms with Crippen molar-refractivity contribution in [3.8, 4) is 0 Å². The smallest absolute Gasteiger partial charge is 0.127 e. The zero-order valence-corrected chi connectivity index (χ0v) is 12.8. The van der Waals surface area contributed by atoms with E-state index < -0.39 is 0 Å². The van der Waals surface area contributed by atoms with E-state index in [-0.39, 0.29) is 5.82 Å². The minimum Gasteiger partial charge on any atom is -0.383 e. The summed E-state index contributed by atoms with van der Waals surface area (Å²) in [7, 11) is 1.69. The van der Waals surface area contributed by atoms with Crippen LogP contribution in [0.5, 0.6) is 0 Å². The molecule has 0 aromatic heterocycles. The van der Waals surface area contributed by atoms with Crippen LogP contribution < -0.4 is 5.32 Å². The highest BCUT2D eigenvalue weighted by molar-refractivity contribution is 9.10. The number of ether oxygens (including phenoxy) is 1. The average Bonchev–Trinajstić information content (AvgIpc) is 2.32. The highest BCUT2D eigenvalue weighted by atomic mass is 79.9. The number of nitrogens with one attached hydrogen (secondary N) is 1. The summed E-state index contributed by atoms with van der Waals surface area (Å²) in [5, 5.41) is 3.38. The lowest BCUT2D eigenvalue weighted by molar-refractivity contribution is 0.192. The van der Waals surface area contributed by atoms with Gasteiger partial charge in [0.1, 0.15) is 5.82 Å². The fourth-order valence-corrected chi connectivity index (χ4v) is 2.13. The van der Waals surface area contributed by atoms with Gasteiger partial charge in [-0.2, -0.15) is 0 Å². The number of hydrogen-bond acceptors (Lipinski definition) is 2. The lowest BCUT2D eigenvalue weighted by atomic mass is 9.94. The summed E-state index contributed by atoms with van der Waals surface area (Å²) in [6.07, 6.45) is 0.736. The van der Waals surface area contributed by atoms with E-state index in [1.165, 1.54) is 6.07 Å². The number of hydrogen-bond donors (Lipinski definition) is 1. The van der Waals surface area contributed by atoms with E-state index in [0.29, 0.717) is 18.6 Å². The normalized spacial score (nSPS) is 14.5. The molecule has 0 aliphatic carbocycles. The topological polar surface area (TPSA) is 21.3 Å². The number of halogens is 2. The fourth-order valence-electron chi connectivity index (χ4n) is 1.80. The number of methoxy groups -OCH3 is 1. The van der Waals surface area contributed by atoms with Crippen molar-refractivity contribution >= 4 is 15.9 Å². The van der Waals surface area contributed by atoms with Gasteiger partial charge in [0, 0.05) is 24.2 Å². The van der Waals surface area contributed by atoms with Crippen molar-refractivity contribution in [1.29, 1.82) is 0 Å². The molecule has 0 spiro atoms. The first kappa shape index (κ1) is 15.6. The first-order valence-electron chi connectivity index (χ1n) is 6.20. The second-order valence-corrected chi connectivity index (χ2v) is 5.57. The highest BCUT2D eigenvalue weighted by Crippen LogP contribution is 2.19. The van der Waals surface area contributed by atoms with Gasteiger partial charge in [0.05, 0.1) is 6.61 Å². The lowest BCUT2D eigenvalue weighted by Gasteiger charge is -2.21. The molecule has 1 aromatic carbocycles. The molecule has 4 heteroatoms. The minimum absolute atomic E-state index is 0.139. The average molecular weight is 318 g/mol. The Morgan fingerprint density at radius 1 is 1.39 bits per heavy atom. The van der Waals surface area contributed by atoms with Crippen molar-refractivity contribution in [3.05, 3.63) is 34.1 Å². The zero-order chi connectivity index (χ0) is 13.5. The quantitative estimate of drug-likeness (QED) is 0.778. The van der Waals surface area contributed by atoms with Crippen LogP contribution >= 0.6 is 15.9 Å². The van der Waals surface area contributed by atoms with Crippen LogP contribution in [0, 0.1) is 11.7 Å². The Labute approximate surface area is 117 Å². The van der Waals surface area contributed by atoms with Crippen LogP contribution in [-0.2, 0) is 11.2 Å². The Bertz CT molecular complexity index is 373. The van der Waals surface area contributed by atoms with Crippen LogP contribution in [0.2, 0.25) is 0 Å². The molecule has 1 N–H and O–H groups in total. The largest absolute Gasteiger partial charge is 0.383 e. The molecule has 0 aliphatic heterocycles. The van der Waals surface area contributed by atoms with Gasteiger partial charge < -0.3 is 10.1 Å². The molecule has 0 saturated carbocycles. The van der Waals surface area contributed by atoms with E-state index in [9.17, 15) is 4.39 Å². The van der Waals surface area contributed by atoms with Gasteiger partial charge in [-0.25, -0.2) is 4.39 Å². The number of benzene rings is 1. The molecule has 0 heterocycles. The van der Waals surface area contributed by atoms with Crippen LogP contribution in [0.25, 0.3) is 0 Å². The van der Waals surface area contributed by atoms with Gasteiger partial charge in [0.15, 0.2) is 0 Å². The van der Waals surface area contributed by atoms with Gasteiger partial charge in [0.2, 0.25) is 0 Å². The van der Waals surface area contributed by atoms with Gasteiger partial charge in [-0.3, -0.25) is 0 Å². The minimum atomic E-state index is -0.139. The SMILES string of the molecule is COCCNC(C)C(C)Cc1ccc(Br)cc1F. The van der Waals surface area contributed by atoms with Crippen molar-refractivity contribution in [2.75, 3.05) is 20.3 Å². The van der Waals surface area contributed by atoms with Crippen molar-refractivity contribution in [2.45, 2.75) is 26.3 Å². The first-order valence-corrected chi connectivity index (χ1v) is 7.00. The van der Waals surface area contributed by atoms with E-state index in [1.54, 1.807) is 7.11 Å². The molecular formula is C14H21BrFNO. The summed E-state index contributed by atoms with van der Waals surface area (Å²) < 4.78 is 19.5. The lowest BCUT2D eigenvalue weighted by Crippen LogP contribution is -2.35. The van der Waals surface area contributed by atoms with Crippen LogP contribution in [0.3, 0.4) is 0 Å². The highest BCUT2D eigenvalue weighted by Gasteiger charge is 2.14. The maximum atomic E-state index is 13.7. The van der Waals surface area contributed by atoms with Gasteiger partial charge in [-0.05, 0) is 37.0 Å². The van der Waals surface area contributed by atoms with Crippen LogP contribution in [0.15, 0.2) is 22.7 Å². The molecule has 0 radical (unpaired) electrons. The molecule has 102 valence electrons. The first-order chi connectivity index (χ1) is 8.54. The van der Waals surface area contributed by atoms with Gasteiger partial charge in [-0.15, -0.1) is 0 Å². The van der Waals surface area contributed by atoms with E-state index in [1.807, 2.05) is 12.1 Å². The Balaban J connectivity index is 2.50. The molecule has 18 heavy (non-hydrogen) atoms. The predicted octanol–water partition coefficient (Wildman–Crippen LogP) is 3.39. The molecule has 1 aromatic rings. The molecule has 2 atom stereocenters. The molecule has 2 unspecified atom stereocenters. The third-order valence-electron chi connectivity index (χ3n) is 3.18. The maximum absolute atomic E-state index is 13.7. The van der Waals surface area contributed by atoms with Crippen molar-refractivity contribution < 1.29 is 9.13 Å². The molecule has 0 fully saturated rings. The monoisotopic (exact) mass is 317 g/mol. The standard InChI is InChI=1S/C14H21BrFNO/c1-10(11(2)17-6-7-18-3)8-12-4-5-13(15)9-14(12)16/h4-5,9-11,17H,6-8H2,1-3H3. The fraction of sp³-hybridized carbons (Fsp3) is 0.571. The van der Waals surface area contributed by atoms with Crippen LogP contribution in [0.4, 0.5) is 4.39 Å². The summed E-state index contributed by atoms with van der Waals surface area (Å²) in [4.78, 5) is 0. The Kier molecular flexibility index (Phi) is 6.82. The van der Waals surface area contributed by atoms with Crippen molar-refractivity contribution in [2.24, 2.45) is 5.92 Å². The van der Waals surface area contributed by atoms with Gasteiger partial charge in [0.25, 0.3) is 0 Å². The van der Waals surface area contributed by atoms with Crippen LogP contribution in [-0.4, -0.2) is 26.3 Å². The van der Waals surface area contributed by atoms with E-state index in [4.69, 9.17) is 4.74 Å². The molecule has 0 saturated heterocycles. The third-order valence-corrected chi connectivity index (χ3v) is 3.68. The van der Waals surface area contributed by atoms with E-state index in [0.717, 1.165) is 23.0 Å². The summed E-state index contributed by atoms with van der Waals surface area (Å²) in [5.41, 5.74) is 0.770. The van der Waals surface area contributed by atoms with Crippen molar-refractivity contribution in [3.63, 3.8) is 0 Å². The summed E-state index contributed by atoms with van der Waals surface area (Å²) >= 11 is 3.27. The third kappa shape index (κ3) is 5.04. The summed E-state index contributed by atoms with van der Waals surface area (Å²) in [6.45, 7) is 5.78.